The molecule has 0 unspecified atom stereocenters. The number of nitrogens with zero attached hydrogens (tertiary/aromatic N) is 1. The fourth-order valence-corrected chi connectivity index (χ4v) is 0.982. The molecule has 0 atom stereocenters. The topological polar surface area (TPSA) is 43.1 Å². The van der Waals surface area contributed by atoms with Crippen LogP contribution in [0.3, 0.4) is 0 Å². The summed E-state index contributed by atoms with van der Waals surface area (Å²) in [6.45, 7) is 5.74. The molecule has 0 aliphatic carbocycles. The Morgan fingerprint density at radius 1 is 1.54 bits per heavy atom. The Hall–Kier alpha value is -1.38. The number of hydrogen-bond donors (Lipinski definition) is 0. The van der Waals surface area contributed by atoms with E-state index in [9.17, 15) is 4.79 Å². The highest BCUT2D eigenvalue weighted by molar-refractivity contribution is 5.60. The first kappa shape index (κ1) is 9.71. The first-order chi connectivity index (χ1) is 6.15. The van der Waals surface area contributed by atoms with Crippen molar-refractivity contribution in [2.75, 3.05) is 0 Å². The summed E-state index contributed by atoms with van der Waals surface area (Å²) in [5.74, 6) is 0.747. The average Bonchev–Trinajstić information content (AvgIpc) is 2.37. The molecular formula is C10H13NO2. The molecule has 3 heteroatoms. The number of allylic oxidation sites excluding steroid dienone is 1. The normalized spacial score (nSPS) is 11.8. The molecule has 1 aromatic rings. The van der Waals surface area contributed by atoms with Gasteiger partial charge >= 0.3 is 0 Å². The SMILES string of the molecule is C/C(=C\c1onc(C)c1C)CC=O. The van der Waals surface area contributed by atoms with Crippen LogP contribution in [0.15, 0.2) is 10.1 Å². The Morgan fingerprint density at radius 2 is 2.23 bits per heavy atom. The Morgan fingerprint density at radius 3 is 2.69 bits per heavy atom. The highest BCUT2D eigenvalue weighted by Gasteiger charge is 2.05. The van der Waals surface area contributed by atoms with Crippen LogP contribution in [0.1, 0.15) is 30.4 Å². The largest absolute Gasteiger partial charge is 0.356 e. The third-order valence-corrected chi connectivity index (χ3v) is 1.98. The van der Waals surface area contributed by atoms with E-state index in [2.05, 4.69) is 5.16 Å². The van der Waals surface area contributed by atoms with E-state index in [1.54, 1.807) is 0 Å². The van der Waals surface area contributed by atoms with E-state index in [1.807, 2.05) is 26.8 Å². The third kappa shape index (κ3) is 2.28. The molecule has 1 rings (SSSR count). The standard InChI is InChI=1S/C10H13NO2/c1-7(4-5-12)6-10-8(2)9(3)11-13-10/h5-6H,4H2,1-3H3/b7-6+. The van der Waals surface area contributed by atoms with Gasteiger partial charge in [0.2, 0.25) is 0 Å². The monoisotopic (exact) mass is 179 g/mol. The molecule has 0 aliphatic heterocycles. The number of hydrogen-bond acceptors (Lipinski definition) is 3. The Bertz CT molecular complexity index is 337. The molecule has 0 spiro atoms. The summed E-state index contributed by atoms with van der Waals surface area (Å²) in [6.07, 6.45) is 3.17. The molecule has 0 amide bonds. The van der Waals surface area contributed by atoms with Gasteiger partial charge in [-0.25, -0.2) is 0 Å². The van der Waals surface area contributed by atoms with E-state index in [-0.39, 0.29) is 0 Å². The number of aldehydes is 1. The smallest absolute Gasteiger partial charge is 0.162 e. The molecule has 0 aromatic carbocycles. The summed E-state index contributed by atoms with van der Waals surface area (Å²) in [4.78, 5) is 10.2. The minimum atomic E-state index is 0.444. The predicted octanol–water partition coefficient (Wildman–Crippen LogP) is 2.28. The summed E-state index contributed by atoms with van der Waals surface area (Å²) in [6, 6.07) is 0. The Kier molecular flexibility index (Phi) is 3.01. The fraction of sp³-hybridized carbons (Fsp3) is 0.400. The first-order valence-corrected chi connectivity index (χ1v) is 4.19. The van der Waals surface area contributed by atoms with Crippen molar-refractivity contribution < 1.29 is 9.32 Å². The van der Waals surface area contributed by atoms with Crippen molar-refractivity contribution in [1.29, 1.82) is 0 Å². The molecule has 0 saturated carbocycles. The zero-order chi connectivity index (χ0) is 9.84. The summed E-state index contributed by atoms with van der Waals surface area (Å²) in [5, 5.41) is 3.82. The molecule has 0 aliphatic rings. The van der Waals surface area contributed by atoms with Crippen LogP contribution in [-0.2, 0) is 4.79 Å². The van der Waals surface area contributed by atoms with E-state index in [4.69, 9.17) is 4.52 Å². The van der Waals surface area contributed by atoms with E-state index in [1.165, 1.54) is 0 Å². The highest BCUT2D eigenvalue weighted by atomic mass is 16.5. The van der Waals surface area contributed by atoms with Crippen LogP contribution in [0.5, 0.6) is 0 Å². The van der Waals surface area contributed by atoms with Crippen molar-refractivity contribution in [1.82, 2.24) is 5.16 Å². The van der Waals surface area contributed by atoms with Crippen LogP contribution in [0.25, 0.3) is 6.08 Å². The second kappa shape index (κ2) is 4.03. The molecule has 0 bridgehead atoms. The van der Waals surface area contributed by atoms with E-state index in [0.29, 0.717) is 6.42 Å². The van der Waals surface area contributed by atoms with Gasteiger partial charge < -0.3 is 9.32 Å². The van der Waals surface area contributed by atoms with Crippen molar-refractivity contribution in [2.24, 2.45) is 0 Å². The van der Waals surface area contributed by atoms with Gasteiger partial charge in [0.15, 0.2) is 5.76 Å². The molecule has 0 radical (unpaired) electrons. The summed E-state index contributed by atoms with van der Waals surface area (Å²) in [5.41, 5.74) is 2.91. The zero-order valence-electron chi connectivity index (χ0n) is 8.13. The zero-order valence-corrected chi connectivity index (χ0v) is 8.13. The van der Waals surface area contributed by atoms with Gasteiger partial charge in [0.25, 0.3) is 0 Å². The number of carbonyl (C=O) groups is 1. The van der Waals surface area contributed by atoms with E-state index in [0.717, 1.165) is 28.9 Å². The lowest BCUT2D eigenvalue weighted by Crippen LogP contribution is -1.80. The second-order valence-corrected chi connectivity index (χ2v) is 3.12. The molecule has 1 heterocycles. The summed E-state index contributed by atoms with van der Waals surface area (Å²) in [7, 11) is 0. The molecule has 0 fully saturated rings. The lowest BCUT2D eigenvalue weighted by atomic mass is 10.1. The first-order valence-electron chi connectivity index (χ1n) is 4.19. The van der Waals surface area contributed by atoms with Gasteiger partial charge in [-0.3, -0.25) is 0 Å². The maximum atomic E-state index is 10.2. The maximum absolute atomic E-state index is 10.2. The number of aryl methyl sites for hydroxylation is 1. The molecular weight excluding hydrogens is 166 g/mol. The number of rotatable bonds is 3. The molecule has 70 valence electrons. The van der Waals surface area contributed by atoms with Gasteiger partial charge in [-0.2, -0.15) is 0 Å². The quantitative estimate of drug-likeness (QED) is 0.668. The van der Waals surface area contributed by atoms with Crippen LogP contribution in [0.2, 0.25) is 0 Å². The average molecular weight is 179 g/mol. The van der Waals surface area contributed by atoms with Crippen LogP contribution >= 0.6 is 0 Å². The maximum Gasteiger partial charge on any atom is 0.162 e. The van der Waals surface area contributed by atoms with Crippen molar-refractivity contribution in [3.05, 3.63) is 22.6 Å². The number of aromatic nitrogens is 1. The van der Waals surface area contributed by atoms with Crippen molar-refractivity contribution in [3.63, 3.8) is 0 Å². The van der Waals surface area contributed by atoms with Crippen LogP contribution in [-0.4, -0.2) is 11.4 Å². The van der Waals surface area contributed by atoms with E-state index < -0.39 is 0 Å². The highest BCUT2D eigenvalue weighted by Crippen LogP contribution is 2.15. The third-order valence-electron chi connectivity index (χ3n) is 1.98. The molecule has 0 N–H and O–H groups in total. The minimum Gasteiger partial charge on any atom is -0.356 e. The van der Waals surface area contributed by atoms with Gasteiger partial charge in [-0.05, 0) is 26.8 Å². The van der Waals surface area contributed by atoms with Gasteiger partial charge in [0, 0.05) is 12.0 Å². The molecule has 0 saturated heterocycles. The van der Waals surface area contributed by atoms with Crippen LogP contribution < -0.4 is 0 Å². The Balaban J connectivity index is 2.90. The minimum absolute atomic E-state index is 0.444. The fourth-order valence-electron chi connectivity index (χ4n) is 0.982. The van der Waals surface area contributed by atoms with Gasteiger partial charge in [0.1, 0.15) is 6.29 Å². The van der Waals surface area contributed by atoms with Gasteiger partial charge in [-0.1, -0.05) is 10.7 Å². The van der Waals surface area contributed by atoms with Crippen molar-refractivity contribution in [2.45, 2.75) is 27.2 Å². The summed E-state index contributed by atoms with van der Waals surface area (Å²) < 4.78 is 5.07. The molecule has 1 aromatic heterocycles. The Labute approximate surface area is 77.4 Å². The van der Waals surface area contributed by atoms with Crippen LogP contribution in [0, 0.1) is 13.8 Å². The van der Waals surface area contributed by atoms with Crippen molar-refractivity contribution in [3.8, 4) is 0 Å². The second-order valence-electron chi connectivity index (χ2n) is 3.12. The summed E-state index contributed by atoms with van der Waals surface area (Å²) >= 11 is 0. The van der Waals surface area contributed by atoms with Gasteiger partial charge in [0.05, 0.1) is 5.69 Å². The predicted molar refractivity (Wildman–Crippen MR) is 50.3 cm³/mol. The molecule has 13 heavy (non-hydrogen) atoms. The van der Waals surface area contributed by atoms with Gasteiger partial charge in [-0.15, -0.1) is 0 Å². The van der Waals surface area contributed by atoms with E-state index >= 15 is 0 Å². The number of carbonyl (C=O) groups excluding carboxylic acids is 1. The lowest BCUT2D eigenvalue weighted by molar-refractivity contribution is -0.107. The van der Waals surface area contributed by atoms with Crippen molar-refractivity contribution >= 4 is 12.4 Å². The lowest BCUT2D eigenvalue weighted by Gasteiger charge is -1.92. The molecule has 3 nitrogen and oxygen atoms in total. The van der Waals surface area contributed by atoms with Crippen LogP contribution in [0.4, 0.5) is 0 Å².